The highest BCUT2D eigenvalue weighted by Gasteiger charge is 2.71. The van der Waals surface area contributed by atoms with E-state index in [4.69, 9.17) is 0 Å². The molecule has 7 heteroatoms. The van der Waals surface area contributed by atoms with Crippen molar-refractivity contribution in [3.8, 4) is 0 Å². The molecule has 0 aromatic heterocycles. The molecule has 1 unspecified atom stereocenters. The molecule has 0 heterocycles. The molecule has 1 saturated carbocycles. The van der Waals surface area contributed by atoms with Gasteiger partial charge >= 0.3 is 15.8 Å². The standard InChI is InChI=1S/C9H11F6I/c10-7(11,6-4-2-1-3-5-6)8(12,16)9(13,14)15/h6H,1-5H2. The minimum atomic E-state index is -5.55. The van der Waals surface area contributed by atoms with Gasteiger partial charge in [-0.25, -0.2) is 13.2 Å². The quantitative estimate of drug-likeness (QED) is 0.375. The highest BCUT2D eigenvalue weighted by Crippen LogP contribution is 2.55. The molecular formula is C9H11F6I. The molecule has 96 valence electrons. The molecule has 1 aliphatic rings. The maximum Gasteiger partial charge on any atom is 0.438 e. The lowest BCUT2D eigenvalue weighted by atomic mass is 9.83. The van der Waals surface area contributed by atoms with Crippen molar-refractivity contribution < 1.29 is 26.3 Å². The summed E-state index contributed by atoms with van der Waals surface area (Å²) >= 11 is 0.186. The average Bonchev–Trinajstić information content (AvgIpc) is 2.17. The van der Waals surface area contributed by atoms with E-state index >= 15 is 0 Å². The third kappa shape index (κ3) is 2.43. The Morgan fingerprint density at radius 2 is 1.25 bits per heavy atom. The van der Waals surface area contributed by atoms with Gasteiger partial charge in [0.05, 0.1) is 0 Å². The second kappa shape index (κ2) is 4.53. The third-order valence-electron chi connectivity index (χ3n) is 2.89. The van der Waals surface area contributed by atoms with Gasteiger partial charge in [-0.2, -0.15) is 13.2 Å². The largest absolute Gasteiger partial charge is 0.438 e. The molecule has 0 N–H and O–H groups in total. The van der Waals surface area contributed by atoms with Gasteiger partial charge in [-0.05, 0) is 35.4 Å². The van der Waals surface area contributed by atoms with Gasteiger partial charge in [0.15, 0.2) is 0 Å². The molecule has 1 rings (SSSR count). The van der Waals surface area contributed by atoms with E-state index in [1.54, 1.807) is 0 Å². The summed E-state index contributed by atoms with van der Waals surface area (Å²) in [6.07, 6.45) is -4.04. The van der Waals surface area contributed by atoms with Crippen LogP contribution in [-0.2, 0) is 0 Å². The zero-order chi connectivity index (χ0) is 12.6. The second-order valence-corrected chi connectivity index (χ2v) is 5.52. The minimum absolute atomic E-state index is 0.0439. The van der Waals surface area contributed by atoms with E-state index in [0.29, 0.717) is 12.8 Å². The maximum atomic E-state index is 13.5. The number of hydrogen-bond acceptors (Lipinski definition) is 0. The summed E-state index contributed by atoms with van der Waals surface area (Å²) in [6.45, 7) is 0. The number of halogens is 7. The first-order valence-corrected chi connectivity index (χ1v) is 6.01. The molecule has 0 spiro atoms. The predicted molar refractivity (Wildman–Crippen MR) is 55.4 cm³/mol. The Hall–Kier alpha value is 0.310. The van der Waals surface area contributed by atoms with Gasteiger partial charge < -0.3 is 0 Å². The van der Waals surface area contributed by atoms with E-state index in [1.165, 1.54) is 0 Å². The first kappa shape index (κ1) is 14.4. The van der Waals surface area contributed by atoms with Crippen molar-refractivity contribution in [3.05, 3.63) is 0 Å². The van der Waals surface area contributed by atoms with Crippen LogP contribution in [-0.4, -0.2) is 15.8 Å². The van der Waals surface area contributed by atoms with Crippen LogP contribution in [0.2, 0.25) is 0 Å². The molecule has 1 fully saturated rings. The van der Waals surface area contributed by atoms with Crippen LogP contribution in [0.3, 0.4) is 0 Å². The lowest BCUT2D eigenvalue weighted by molar-refractivity contribution is -0.269. The van der Waals surface area contributed by atoms with Crippen LogP contribution < -0.4 is 0 Å². The summed E-state index contributed by atoms with van der Waals surface area (Å²) in [5, 5.41) is 0. The highest BCUT2D eigenvalue weighted by molar-refractivity contribution is 14.1. The zero-order valence-corrected chi connectivity index (χ0v) is 10.4. The average molecular weight is 360 g/mol. The Kier molecular flexibility index (Phi) is 4.07. The summed E-state index contributed by atoms with van der Waals surface area (Å²) in [4.78, 5) is 0. The van der Waals surface area contributed by atoms with Crippen molar-refractivity contribution in [1.29, 1.82) is 0 Å². The first-order chi connectivity index (χ1) is 7.11. The molecule has 1 atom stereocenters. The van der Waals surface area contributed by atoms with E-state index in [9.17, 15) is 26.3 Å². The number of alkyl halides is 7. The molecule has 0 radical (unpaired) electrons. The Morgan fingerprint density at radius 1 is 0.812 bits per heavy atom. The van der Waals surface area contributed by atoms with Gasteiger partial charge in [0.1, 0.15) is 0 Å². The summed E-state index contributed by atoms with van der Waals surface area (Å²) in [5.74, 6) is -5.86. The molecule has 0 nitrogen and oxygen atoms in total. The summed E-state index contributed by atoms with van der Waals surface area (Å²) < 4.78 is 72.4. The van der Waals surface area contributed by atoms with Gasteiger partial charge in [0.25, 0.3) is 0 Å². The smallest absolute Gasteiger partial charge is 0.215 e. The predicted octanol–water partition coefficient (Wildman–Crippen LogP) is 4.87. The SMILES string of the molecule is FC(F)(F)C(F)(I)C(F)(F)C1CCCCC1. The lowest BCUT2D eigenvalue weighted by Crippen LogP contribution is -2.54. The summed E-state index contributed by atoms with van der Waals surface area (Å²) in [5.41, 5.74) is 0. The van der Waals surface area contributed by atoms with E-state index in [1.807, 2.05) is 0 Å². The highest BCUT2D eigenvalue weighted by atomic mass is 127. The molecule has 0 saturated heterocycles. The van der Waals surface area contributed by atoms with Gasteiger partial charge in [-0.15, -0.1) is 0 Å². The fourth-order valence-corrected chi connectivity index (χ4v) is 2.35. The normalized spacial score (nSPS) is 24.2. The van der Waals surface area contributed by atoms with E-state index in [0.717, 1.165) is 6.42 Å². The lowest BCUT2D eigenvalue weighted by Gasteiger charge is -2.37. The van der Waals surface area contributed by atoms with Gasteiger partial charge in [0, 0.05) is 5.92 Å². The van der Waals surface area contributed by atoms with E-state index in [2.05, 4.69) is 0 Å². The molecule has 1 aliphatic carbocycles. The number of rotatable bonds is 2. The van der Waals surface area contributed by atoms with Gasteiger partial charge in [-0.1, -0.05) is 19.3 Å². The van der Waals surface area contributed by atoms with Crippen LogP contribution in [0, 0.1) is 5.92 Å². The van der Waals surface area contributed by atoms with Crippen molar-refractivity contribution in [3.63, 3.8) is 0 Å². The van der Waals surface area contributed by atoms with Crippen LogP contribution in [0.1, 0.15) is 32.1 Å². The van der Waals surface area contributed by atoms with Crippen molar-refractivity contribution in [2.75, 3.05) is 0 Å². The minimum Gasteiger partial charge on any atom is -0.215 e. The number of hydrogen-bond donors (Lipinski definition) is 0. The van der Waals surface area contributed by atoms with Gasteiger partial charge in [0.2, 0.25) is 0 Å². The van der Waals surface area contributed by atoms with Crippen LogP contribution >= 0.6 is 22.6 Å². The molecule has 0 bridgehead atoms. The van der Waals surface area contributed by atoms with E-state index in [-0.39, 0.29) is 35.4 Å². The molecule has 0 aliphatic heterocycles. The van der Waals surface area contributed by atoms with Crippen molar-refractivity contribution in [2.24, 2.45) is 5.92 Å². The van der Waals surface area contributed by atoms with Crippen LogP contribution in [0.4, 0.5) is 26.3 Å². The van der Waals surface area contributed by atoms with Crippen LogP contribution in [0.15, 0.2) is 0 Å². The molecule has 0 aromatic carbocycles. The Labute approximate surface area is 103 Å². The molecule has 16 heavy (non-hydrogen) atoms. The summed E-state index contributed by atoms with van der Waals surface area (Å²) in [6, 6.07) is 0. The van der Waals surface area contributed by atoms with Crippen molar-refractivity contribution in [1.82, 2.24) is 0 Å². The monoisotopic (exact) mass is 360 g/mol. The second-order valence-electron chi connectivity index (χ2n) is 4.03. The molecule has 0 amide bonds. The van der Waals surface area contributed by atoms with E-state index < -0.39 is 21.7 Å². The van der Waals surface area contributed by atoms with Crippen molar-refractivity contribution >= 4 is 22.6 Å². The fraction of sp³-hybridized carbons (Fsp3) is 1.00. The Balaban J connectivity index is 2.90. The maximum absolute atomic E-state index is 13.5. The topological polar surface area (TPSA) is 0 Å². The molecular weight excluding hydrogens is 349 g/mol. The van der Waals surface area contributed by atoms with Crippen LogP contribution in [0.5, 0.6) is 0 Å². The molecule has 0 aromatic rings. The van der Waals surface area contributed by atoms with Crippen molar-refractivity contribution in [2.45, 2.75) is 47.9 Å². The Bertz CT molecular complexity index is 241. The van der Waals surface area contributed by atoms with Crippen LogP contribution in [0.25, 0.3) is 0 Å². The Morgan fingerprint density at radius 3 is 1.62 bits per heavy atom. The van der Waals surface area contributed by atoms with Gasteiger partial charge in [-0.3, -0.25) is 0 Å². The first-order valence-electron chi connectivity index (χ1n) is 4.93. The zero-order valence-electron chi connectivity index (χ0n) is 8.26. The third-order valence-corrected chi connectivity index (χ3v) is 4.22. The fourth-order valence-electron chi connectivity index (χ4n) is 1.91. The summed E-state index contributed by atoms with van der Waals surface area (Å²) in [7, 11) is 0.